The quantitative estimate of drug-likeness (QED) is 0.713. The second kappa shape index (κ2) is 7.90. The molecule has 4 heterocycles. The first kappa shape index (κ1) is 17.1. The van der Waals surface area contributed by atoms with E-state index in [9.17, 15) is 4.79 Å². The van der Waals surface area contributed by atoms with E-state index in [2.05, 4.69) is 24.8 Å². The summed E-state index contributed by atoms with van der Waals surface area (Å²) < 4.78 is 0. The molecule has 0 bridgehead atoms. The number of anilines is 1. The molecule has 136 valence electrons. The number of amides is 1. The summed E-state index contributed by atoms with van der Waals surface area (Å²) in [5, 5.41) is 0. The maximum absolute atomic E-state index is 12.9. The molecule has 1 fully saturated rings. The molecular formula is C20H20N6O. The van der Waals surface area contributed by atoms with Crippen LogP contribution in [0.4, 0.5) is 5.95 Å². The highest BCUT2D eigenvalue weighted by molar-refractivity contribution is 5.94. The summed E-state index contributed by atoms with van der Waals surface area (Å²) in [6.07, 6.45) is 9.50. The van der Waals surface area contributed by atoms with Crippen molar-refractivity contribution in [3.05, 3.63) is 66.9 Å². The van der Waals surface area contributed by atoms with Crippen LogP contribution in [-0.2, 0) is 0 Å². The molecule has 3 aromatic heterocycles. The highest BCUT2D eigenvalue weighted by Gasteiger charge is 2.21. The van der Waals surface area contributed by atoms with Crippen molar-refractivity contribution in [2.45, 2.75) is 6.42 Å². The smallest absolute Gasteiger partial charge is 0.255 e. The number of aromatic nitrogens is 4. The predicted molar refractivity (Wildman–Crippen MR) is 102 cm³/mol. The zero-order chi connectivity index (χ0) is 18.5. The Morgan fingerprint density at radius 3 is 2.48 bits per heavy atom. The fraction of sp³-hybridized carbons (Fsp3) is 0.250. The second-order valence-electron chi connectivity index (χ2n) is 6.36. The van der Waals surface area contributed by atoms with Gasteiger partial charge >= 0.3 is 0 Å². The molecule has 7 nitrogen and oxygen atoms in total. The number of hydrogen-bond acceptors (Lipinski definition) is 6. The van der Waals surface area contributed by atoms with Gasteiger partial charge in [0.15, 0.2) is 0 Å². The van der Waals surface area contributed by atoms with E-state index < -0.39 is 0 Å². The van der Waals surface area contributed by atoms with E-state index in [1.165, 1.54) is 0 Å². The summed E-state index contributed by atoms with van der Waals surface area (Å²) in [6, 6.07) is 9.33. The lowest BCUT2D eigenvalue weighted by Crippen LogP contribution is -2.35. The van der Waals surface area contributed by atoms with E-state index in [1.54, 1.807) is 37.1 Å². The van der Waals surface area contributed by atoms with Gasteiger partial charge in [-0.1, -0.05) is 0 Å². The molecule has 4 rings (SSSR count). The van der Waals surface area contributed by atoms with Gasteiger partial charge in [-0.25, -0.2) is 9.97 Å². The molecule has 1 aliphatic heterocycles. The topological polar surface area (TPSA) is 75.1 Å². The molecule has 0 unspecified atom stereocenters. The number of rotatable bonds is 3. The van der Waals surface area contributed by atoms with Crippen molar-refractivity contribution in [1.29, 1.82) is 0 Å². The van der Waals surface area contributed by atoms with Gasteiger partial charge in [-0.3, -0.25) is 14.8 Å². The van der Waals surface area contributed by atoms with Crippen LogP contribution in [-0.4, -0.2) is 56.9 Å². The van der Waals surface area contributed by atoms with Crippen LogP contribution in [0.2, 0.25) is 0 Å². The first-order valence-corrected chi connectivity index (χ1v) is 8.99. The fourth-order valence-corrected chi connectivity index (χ4v) is 3.16. The Bertz CT molecular complexity index is 885. The molecule has 1 saturated heterocycles. The molecule has 3 aromatic rings. The van der Waals surface area contributed by atoms with Crippen molar-refractivity contribution in [3.8, 4) is 11.3 Å². The Hall–Kier alpha value is -3.35. The Kier molecular flexibility index (Phi) is 5.00. The van der Waals surface area contributed by atoms with Crippen LogP contribution < -0.4 is 4.90 Å². The first-order valence-electron chi connectivity index (χ1n) is 8.99. The summed E-state index contributed by atoms with van der Waals surface area (Å²) >= 11 is 0. The molecule has 0 aliphatic carbocycles. The van der Waals surface area contributed by atoms with Crippen LogP contribution in [0.5, 0.6) is 0 Å². The monoisotopic (exact) mass is 360 g/mol. The Labute approximate surface area is 157 Å². The Morgan fingerprint density at radius 1 is 0.852 bits per heavy atom. The predicted octanol–water partition coefficient (Wildman–Crippen LogP) is 2.29. The normalized spacial score (nSPS) is 14.7. The first-order chi connectivity index (χ1) is 13.3. The molecule has 0 radical (unpaired) electrons. The third-order valence-electron chi connectivity index (χ3n) is 4.59. The zero-order valence-corrected chi connectivity index (χ0v) is 14.9. The largest absolute Gasteiger partial charge is 0.339 e. The molecule has 0 N–H and O–H groups in total. The van der Waals surface area contributed by atoms with Gasteiger partial charge in [0.05, 0.1) is 11.3 Å². The minimum atomic E-state index is 0.0102. The summed E-state index contributed by atoms with van der Waals surface area (Å²) in [5.74, 6) is 0.727. The van der Waals surface area contributed by atoms with Crippen molar-refractivity contribution < 1.29 is 4.79 Å². The number of hydrogen-bond donors (Lipinski definition) is 0. The van der Waals surface area contributed by atoms with E-state index in [0.29, 0.717) is 24.6 Å². The Morgan fingerprint density at radius 2 is 1.74 bits per heavy atom. The van der Waals surface area contributed by atoms with Crippen LogP contribution in [0.15, 0.2) is 61.3 Å². The summed E-state index contributed by atoms with van der Waals surface area (Å²) in [5.41, 5.74) is 2.35. The van der Waals surface area contributed by atoms with Gasteiger partial charge in [-0.05, 0) is 36.8 Å². The average Bonchev–Trinajstić information content (AvgIpc) is 3.01. The lowest BCUT2D eigenvalue weighted by atomic mass is 10.1. The maximum Gasteiger partial charge on any atom is 0.255 e. The van der Waals surface area contributed by atoms with Crippen LogP contribution in [0.25, 0.3) is 11.3 Å². The van der Waals surface area contributed by atoms with Crippen molar-refractivity contribution in [2.24, 2.45) is 0 Å². The summed E-state index contributed by atoms with van der Waals surface area (Å²) in [4.78, 5) is 34.0. The van der Waals surface area contributed by atoms with Crippen LogP contribution in [0.1, 0.15) is 16.8 Å². The van der Waals surface area contributed by atoms with E-state index in [-0.39, 0.29) is 5.91 Å². The molecule has 1 aliphatic rings. The Balaban J connectivity index is 1.43. The third-order valence-corrected chi connectivity index (χ3v) is 4.59. The minimum absolute atomic E-state index is 0.0102. The molecule has 0 spiro atoms. The minimum Gasteiger partial charge on any atom is -0.339 e. The molecule has 0 saturated carbocycles. The van der Waals surface area contributed by atoms with E-state index in [1.807, 2.05) is 29.2 Å². The lowest BCUT2D eigenvalue weighted by Gasteiger charge is -2.22. The summed E-state index contributed by atoms with van der Waals surface area (Å²) in [6.45, 7) is 2.91. The molecule has 0 aromatic carbocycles. The highest BCUT2D eigenvalue weighted by atomic mass is 16.2. The van der Waals surface area contributed by atoms with Gasteiger partial charge < -0.3 is 9.80 Å². The molecule has 7 heteroatoms. The third kappa shape index (κ3) is 3.92. The van der Waals surface area contributed by atoms with Crippen LogP contribution in [0.3, 0.4) is 0 Å². The second-order valence-corrected chi connectivity index (χ2v) is 6.36. The molecular weight excluding hydrogens is 340 g/mol. The maximum atomic E-state index is 12.9. The number of carbonyl (C=O) groups is 1. The zero-order valence-electron chi connectivity index (χ0n) is 14.9. The summed E-state index contributed by atoms with van der Waals surface area (Å²) in [7, 11) is 0. The van der Waals surface area contributed by atoms with Crippen molar-refractivity contribution in [3.63, 3.8) is 0 Å². The van der Waals surface area contributed by atoms with Crippen molar-refractivity contribution >= 4 is 11.9 Å². The van der Waals surface area contributed by atoms with Crippen LogP contribution in [0, 0.1) is 0 Å². The van der Waals surface area contributed by atoms with E-state index in [0.717, 1.165) is 30.8 Å². The van der Waals surface area contributed by atoms with Gasteiger partial charge in [0.1, 0.15) is 0 Å². The van der Waals surface area contributed by atoms with Gasteiger partial charge in [-0.2, -0.15) is 0 Å². The van der Waals surface area contributed by atoms with E-state index in [4.69, 9.17) is 0 Å². The van der Waals surface area contributed by atoms with Gasteiger partial charge in [0.25, 0.3) is 5.91 Å². The molecule has 1 amide bonds. The average molecular weight is 360 g/mol. The van der Waals surface area contributed by atoms with Gasteiger partial charge in [0, 0.05) is 62.7 Å². The fourth-order valence-electron chi connectivity index (χ4n) is 3.16. The lowest BCUT2D eigenvalue weighted by molar-refractivity contribution is 0.0766. The standard InChI is InChI=1S/C20H20N6O/c27-19(17-5-6-18(24-15-17)16-4-1-7-21-14-16)25-10-3-11-26(13-12-25)20-22-8-2-9-23-20/h1-2,4-9,14-15H,3,10-13H2. The molecule has 0 atom stereocenters. The number of nitrogens with zero attached hydrogens (tertiary/aromatic N) is 6. The van der Waals surface area contributed by atoms with Gasteiger partial charge in [-0.15, -0.1) is 0 Å². The van der Waals surface area contributed by atoms with E-state index >= 15 is 0 Å². The van der Waals surface area contributed by atoms with Crippen LogP contribution >= 0.6 is 0 Å². The van der Waals surface area contributed by atoms with Crippen molar-refractivity contribution in [1.82, 2.24) is 24.8 Å². The molecule has 27 heavy (non-hydrogen) atoms. The highest BCUT2D eigenvalue weighted by Crippen LogP contribution is 2.17. The number of pyridine rings is 2. The number of carbonyl (C=O) groups excluding carboxylic acids is 1. The van der Waals surface area contributed by atoms with Gasteiger partial charge in [0.2, 0.25) is 5.95 Å². The SMILES string of the molecule is O=C(c1ccc(-c2cccnc2)nc1)N1CCCN(c2ncccn2)CC1. The van der Waals surface area contributed by atoms with Crippen molar-refractivity contribution in [2.75, 3.05) is 31.1 Å².